The average molecular weight is 642 g/mol. The number of nitrogens with zero attached hydrogens (tertiary/aromatic N) is 3. The second kappa shape index (κ2) is 12.5. The fourth-order valence-electron chi connectivity index (χ4n) is 7.10. The molecule has 1 saturated heterocycles. The molecule has 2 aromatic heterocycles. The second-order valence-corrected chi connectivity index (χ2v) is 12.4. The maximum absolute atomic E-state index is 13.7. The quantitative estimate of drug-likeness (QED) is 0.202. The molecule has 0 spiro atoms. The summed E-state index contributed by atoms with van der Waals surface area (Å²) in [6.45, 7) is 2.03. The van der Waals surface area contributed by atoms with Gasteiger partial charge in [0.05, 0.1) is 46.8 Å². The summed E-state index contributed by atoms with van der Waals surface area (Å²) in [7, 11) is 0. The SMILES string of the molecule is O=C(O)c1ccc2c(C3CCCCC3)c(-c3ccc4nc(-c5ccc(C(F)(F)F)cc5)ccc4c3)n(CC(=O)N3CCOCC3)c2c1. The number of alkyl halides is 3. The molecular weight excluding hydrogens is 607 g/mol. The van der Waals surface area contributed by atoms with Crippen molar-refractivity contribution in [3.8, 4) is 22.5 Å². The standard InChI is InChI=1S/C37H34F3N3O4/c38-37(39,40)28-11-6-23(7-12-28)30-14-9-25-20-26(10-15-31(25)41-30)35-34(24-4-2-1-3-5-24)29-13-8-27(36(45)46)21-32(29)43(35)22-33(44)42-16-18-47-19-17-42/h6-15,20-21,24H,1-5,16-19,22H2,(H,45,46). The van der Waals surface area contributed by atoms with Gasteiger partial charge in [-0.2, -0.15) is 13.2 Å². The van der Waals surface area contributed by atoms with Crippen LogP contribution in [0.25, 0.3) is 44.3 Å². The lowest BCUT2D eigenvalue weighted by Crippen LogP contribution is -2.42. The fourth-order valence-corrected chi connectivity index (χ4v) is 7.10. The van der Waals surface area contributed by atoms with E-state index in [1.807, 2.05) is 34.9 Å². The van der Waals surface area contributed by atoms with Crippen LogP contribution in [0.15, 0.2) is 72.8 Å². The van der Waals surface area contributed by atoms with Crippen LogP contribution in [0.5, 0.6) is 0 Å². The van der Waals surface area contributed by atoms with Crippen molar-refractivity contribution >= 4 is 33.7 Å². The Bertz CT molecular complexity index is 1970. The Hall–Kier alpha value is -4.70. The molecule has 0 radical (unpaired) electrons. The van der Waals surface area contributed by atoms with Gasteiger partial charge in [-0.05, 0) is 72.4 Å². The van der Waals surface area contributed by atoms with Gasteiger partial charge in [-0.15, -0.1) is 0 Å². The Kier molecular flexibility index (Phi) is 8.21. The van der Waals surface area contributed by atoms with E-state index in [9.17, 15) is 27.9 Å². The van der Waals surface area contributed by atoms with E-state index in [-0.39, 0.29) is 23.9 Å². The lowest BCUT2D eigenvalue weighted by atomic mass is 9.81. The highest BCUT2D eigenvalue weighted by molar-refractivity contribution is 6.00. The molecule has 1 N–H and O–H groups in total. The van der Waals surface area contributed by atoms with Gasteiger partial charge in [0.2, 0.25) is 5.91 Å². The summed E-state index contributed by atoms with van der Waals surface area (Å²) in [6, 6.07) is 19.8. The highest BCUT2D eigenvalue weighted by Crippen LogP contribution is 2.45. The first-order chi connectivity index (χ1) is 22.7. The number of hydrogen-bond acceptors (Lipinski definition) is 4. The molecule has 10 heteroatoms. The van der Waals surface area contributed by atoms with E-state index in [1.54, 1.807) is 23.1 Å². The molecule has 1 aliphatic heterocycles. The topological polar surface area (TPSA) is 84.7 Å². The Morgan fingerprint density at radius 2 is 1.60 bits per heavy atom. The molecule has 1 amide bonds. The van der Waals surface area contributed by atoms with Gasteiger partial charge in [-0.3, -0.25) is 4.79 Å². The summed E-state index contributed by atoms with van der Waals surface area (Å²) in [5.74, 6) is -0.820. The molecular formula is C37H34F3N3O4. The van der Waals surface area contributed by atoms with Gasteiger partial charge < -0.3 is 19.3 Å². The second-order valence-electron chi connectivity index (χ2n) is 12.4. The lowest BCUT2D eigenvalue weighted by molar-refractivity contribution is -0.137. The zero-order chi connectivity index (χ0) is 32.7. The fraction of sp³-hybridized carbons (Fsp3) is 0.324. The van der Waals surface area contributed by atoms with Crippen LogP contribution in [0.2, 0.25) is 0 Å². The summed E-state index contributed by atoms with van der Waals surface area (Å²) < 4.78 is 46.8. The van der Waals surface area contributed by atoms with Crippen LogP contribution in [0.1, 0.15) is 59.5 Å². The largest absolute Gasteiger partial charge is 0.478 e. The molecule has 47 heavy (non-hydrogen) atoms. The number of carbonyl (C=O) groups is 2. The Balaban J connectivity index is 1.36. The minimum Gasteiger partial charge on any atom is -0.478 e. The van der Waals surface area contributed by atoms with Crippen molar-refractivity contribution in [1.82, 2.24) is 14.5 Å². The van der Waals surface area contributed by atoms with Gasteiger partial charge in [-0.1, -0.05) is 49.6 Å². The van der Waals surface area contributed by atoms with Crippen molar-refractivity contribution in [2.24, 2.45) is 0 Å². The predicted molar refractivity (Wildman–Crippen MR) is 173 cm³/mol. The first kappa shape index (κ1) is 30.9. The van der Waals surface area contributed by atoms with E-state index in [1.165, 1.54) is 18.6 Å². The first-order valence-electron chi connectivity index (χ1n) is 16.0. The van der Waals surface area contributed by atoms with Gasteiger partial charge in [0.25, 0.3) is 0 Å². The molecule has 2 aliphatic rings. The minimum absolute atomic E-state index is 0.0500. The first-order valence-corrected chi connectivity index (χ1v) is 16.0. The molecule has 0 unspecified atom stereocenters. The van der Waals surface area contributed by atoms with Crippen molar-refractivity contribution in [3.63, 3.8) is 0 Å². The molecule has 1 aliphatic carbocycles. The number of rotatable bonds is 6. The molecule has 242 valence electrons. The van der Waals surface area contributed by atoms with E-state index < -0.39 is 17.7 Å². The average Bonchev–Trinajstić information content (AvgIpc) is 3.41. The number of aromatic nitrogens is 2. The summed E-state index contributed by atoms with van der Waals surface area (Å²) >= 11 is 0. The van der Waals surface area contributed by atoms with Crippen LogP contribution in [-0.4, -0.2) is 57.7 Å². The van der Waals surface area contributed by atoms with Crippen molar-refractivity contribution in [2.45, 2.75) is 50.7 Å². The Morgan fingerprint density at radius 1 is 0.872 bits per heavy atom. The highest BCUT2D eigenvalue weighted by atomic mass is 19.4. The highest BCUT2D eigenvalue weighted by Gasteiger charge is 2.31. The zero-order valence-electron chi connectivity index (χ0n) is 25.7. The van der Waals surface area contributed by atoms with Crippen molar-refractivity contribution < 1.29 is 32.6 Å². The van der Waals surface area contributed by atoms with Gasteiger partial charge >= 0.3 is 12.1 Å². The van der Waals surface area contributed by atoms with Gasteiger partial charge in [-0.25, -0.2) is 9.78 Å². The number of morpholine rings is 1. The number of aromatic carboxylic acids is 1. The molecule has 3 aromatic carbocycles. The normalized spacial score (nSPS) is 16.2. The van der Waals surface area contributed by atoms with Gasteiger partial charge in [0.1, 0.15) is 6.54 Å². The number of pyridine rings is 1. The van der Waals surface area contributed by atoms with Crippen LogP contribution in [0.4, 0.5) is 13.2 Å². The van der Waals surface area contributed by atoms with Gasteiger partial charge in [0.15, 0.2) is 0 Å². The molecule has 7 rings (SSSR count). The third kappa shape index (κ3) is 6.10. The van der Waals surface area contributed by atoms with Crippen LogP contribution < -0.4 is 0 Å². The number of fused-ring (bicyclic) bond motifs is 2. The van der Waals surface area contributed by atoms with Gasteiger partial charge in [0, 0.05) is 29.4 Å². The van der Waals surface area contributed by atoms with Crippen LogP contribution in [-0.2, 0) is 22.3 Å². The number of hydrogen-bond donors (Lipinski definition) is 1. The molecule has 2 fully saturated rings. The summed E-state index contributed by atoms with van der Waals surface area (Å²) in [5, 5.41) is 11.7. The van der Waals surface area contributed by atoms with E-state index in [2.05, 4.69) is 0 Å². The number of carbonyl (C=O) groups excluding carboxylic acids is 1. The van der Waals surface area contributed by atoms with Crippen molar-refractivity contribution in [3.05, 3.63) is 89.5 Å². The van der Waals surface area contributed by atoms with E-state index >= 15 is 0 Å². The van der Waals surface area contributed by atoms with Crippen LogP contribution in [0, 0.1) is 0 Å². The molecule has 0 bridgehead atoms. The zero-order valence-corrected chi connectivity index (χ0v) is 25.7. The lowest BCUT2D eigenvalue weighted by Gasteiger charge is -2.28. The number of benzene rings is 3. The minimum atomic E-state index is -4.41. The Morgan fingerprint density at radius 3 is 2.30 bits per heavy atom. The predicted octanol–water partition coefficient (Wildman–Crippen LogP) is 8.15. The number of amides is 1. The van der Waals surface area contributed by atoms with Crippen LogP contribution in [0.3, 0.4) is 0 Å². The molecule has 1 saturated carbocycles. The summed E-state index contributed by atoms with van der Waals surface area (Å²) in [4.78, 5) is 32.4. The maximum Gasteiger partial charge on any atom is 0.416 e. The number of ether oxygens (including phenoxy) is 1. The number of carboxylic acid groups (broad SMARTS) is 1. The van der Waals surface area contributed by atoms with E-state index in [0.29, 0.717) is 43.1 Å². The van der Waals surface area contributed by atoms with Crippen molar-refractivity contribution in [1.29, 1.82) is 0 Å². The summed E-state index contributed by atoms with van der Waals surface area (Å²) in [6.07, 6.45) is 0.987. The number of carboxylic acids is 1. The smallest absolute Gasteiger partial charge is 0.416 e. The van der Waals surface area contributed by atoms with Crippen LogP contribution >= 0.6 is 0 Å². The van der Waals surface area contributed by atoms with E-state index in [4.69, 9.17) is 9.72 Å². The third-order valence-electron chi connectivity index (χ3n) is 9.49. The van der Waals surface area contributed by atoms with E-state index in [0.717, 1.165) is 70.9 Å². The Labute approximate surface area is 269 Å². The third-order valence-corrected chi connectivity index (χ3v) is 9.49. The number of halogens is 3. The molecule has 3 heterocycles. The monoisotopic (exact) mass is 641 g/mol. The van der Waals surface area contributed by atoms with Crippen molar-refractivity contribution in [2.75, 3.05) is 26.3 Å². The molecule has 7 nitrogen and oxygen atoms in total. The molecule has 5 aromatic rings. The molecule has 0 atom stereocenters. The maximum atomic E-state index is 13.7. The summed E-state index contributed by atoms with van der Waals surface area (Å²) in [5.41, 5.74) is 4.94.